The minimum atomic E-state index is -0.800. The molecule has 0 aromatic heterocycles. The van der Waals surface area contributed by atoms with Crippen LogP contribution in [0, 0.1) is 5.92 Å². The number of carboxylic acid groups (broad SMARTS) is 1. The van der Waals surface area contributed by atoms with Gasteiger partial charge >= 0.3 is 5.97 Å². The van der Waals surface area contributed by atoms with Gasteiger partial charge in [0.1, 0.15) is 0 Å². The number of methoxy groups -OCH3 is 2. The Morgan fingerprint density at radius 2 is 1.90 bits per heavy atom. The van der Waals surface area contributed by atoms with Crippen LogP contribution in [0.15, 0.2) is 10.5 Å². The lowest BCUT2D eigenvalue weighted by Gasteiger charge is -2.21. The van der Waals surface area contributed by atoms with Crippen molar-refractivity contribution in [2.24, 2.45) is 5.92 Å². The highest BCUT2D eigenvalue weighted by molar-refractivity contribution is 9.10. The largest absolute Gasteiger partial charge is 0.493 e. The third kappa shape index (κ3) is 3.45. The first-order chi connectivity index (χ1) is 9.33. The van der Waals surface area contributed by atoms with Crippen molar-refractivity contribution < 1.29 is 19.4 Å². The van der Waals surface area contributed by atoms with E-state index in [1.807, 2.05) is 6.07 Å². The van der Waals surface area contributed by atoms with Crippen molar-refractivity contribution in [3.05, 3.63) is 21.7 Å². The van der Waals surface area contributed by atoms with Gasteiger partial charge in [-0.3, -0.25) is 4.79 Å². The minimum Gasteiger partial charge on any atom is -0.493 e. The van der Waals surface area contributed by atoms with Gasteiger partial charge in [0, 0.05) is 0 Å². The summed E-state index contributed by atoms with van der Waals surface area (Å²) in [6.07, 6.45) is 0.460. The van der Waals surface area contributed by atoms with Crippen LogP contribution in [0.2, 0.25) is 0 Å². The van der Waals surface area contributed by atoms with E-state index in [9.17, 15) is 4.79 Å². The summed E-state index contributed by atoms with van der Waals surface area (Å²) in [7, 11) is 3.16. The molecule has 1 rings (SSSR count). The summed E-state index contributed by atoms with van der Waals surface area (Å²) in [5, 5.41) is 9.10. The molecule has 112 valence electrons. The van der Waals surface area contributed by atoms with Crippen LogP contribution in [0.3, 0.4) is 0 Å². The molecule has 0 aliphatic rings. The van der Waals surface area contributed by atoms with Crippen LogP contribution in [0.5, 0.6) is 11.5 Å². The van der Waals surface area contributed by atoms with Crippen molar-refractivity contribution in [2.75, 3.05) is 14.2 Å². The van der Waals surface area contributed by atoms with Gasteiger partial charge in [0.15, 0.2) is 11.5 Å². The van der Waals surface area contributed by atoms with Crippen molar-refractivity contribution in [3.8, 4) is 11.5 Å². The summed E-state index contributed by atoms with van der Waals surface area (Å²) >= 11 is 3.56. The number of rotatable bonds is 6. The number of halogens is 1. The molecule has 4 nitrogen and oxygen atoms in total. The van der Waals surface area contributed by atoms with Gasteiger partial charge < -0.3 is 14.6 Å². The Morgan fingerprint density at radius 1 is 1.30 bits per heavy atom. The summed E-state index contributed by atoms with van der Waals surface area (Å²) in [5.74, 6) is 0.252. The molecule has 0 saturated heterocycles. The number of carboxylic acids is 1. The first-order valence-electron chi connectivity index (χ1n) is 6.49. The van der Waals surface area contributed by atoms with Gasteiger partial charge in [0.05, 0.1) is 24.6 Å². The Morgan fingerprint density at radius 3 is 2.30 bits per heavy atom. The predicted molar refractivity (Wildman–Crippen MR) is 81.8 cm³/mol. The molecule has 1 atom stereocenters. The summed E-state index contributed by atoms with van der Waals surface area (Å²) in [6, 6.07) is 1.87. The number of hydrogen-bond donors (Lipinski definition) is 1. The molecular weight excluding hydrogens is 324 g/mol. The second kappa shape index (κ2) is 6.97. The summed E-state index contributed by atoms with van der Waals surface area (Å²) in [6.45, 7) is 5.85. The topological polar surface area (TPSA) is 55.8 Å². The molecule has 5 heteroatoms. The molecule has 0 fully saturated rings. The van der Waals surface area contributed by atoms with Crippen LogP contribution in [0.25, 0.3) is 0 Å². The zero-order chi connectivity index (χ0) is 15.4. The number of benzene rings is 1. The first kappa shape index (κ1) is 16.8. The van der Waals surface area contributed by atoms with Crippen molar-refractivity contribution >= 4 is 21.9 Å². The van der Waals surface area contributed by atoms with Crippen molar-refractivity contribution in [1.29, 1.82) is 0 Å². The van der Waals surface area contributed by atoms with E-state index in [0.29, 0.717) is 17.9 Å². The molecule has 0 saturated carbocycles. The average Bonchev–Trinajstić information content (AvgIpc) is 2.37. The van der Waals surface area contributed by atoms with Crippen LogP contribution in [-0.2, 0) is 11.2 Å². The van der Waals surface area contributed by atoms with Gasteiger partial charge in [-0.2, -0.15) is 0 Å². The Balaban J connectivity index is 3.41. The van der Waals surface area contributed by atoms with E-state index >= 15 is 0 Å². The van der Waals surface area contributed by atoms with Gasteiger partial charge in [-0.1, -0.05) is 20.8 Å². The smallest absolute Gasteiger partial charge is 0.306 e. The second-order valence-electron chi connectivity index (χ2n) is 5.10. The van der Waals surface area contributed by atoms with Crippen LogP contribution < -0.4 is 9.47 Å². The highest BCUT2D eigenvalue weighted by Gasteiger charge is 2.22. The minimum absolute atomic E-state index is 0.250. The Labute approximate surface area is 128 Å². The summed E-state index contributed by atoms with van der Waals surface area (Å²) < 4.78 is 11.5. The average molecular weight is 345 g/mol. The zero-order valence-corrected chi connectivity index (χ0v) is 14.1. The lowest BCUT2D eigenvalue weighted by Crippen LogP contribution is -2.14. The van der Waals surface area contributed by atoms with E-state index in [1.165, 1.54) is 0 Å². The number of carbonyl (C=O) groups is 1. The van der Waals surface area contributed by atoms with Gasteiger partial charge in [0.2, 0.25) is 0 Å². The molecule has 1 unspecified atom stereocenters. The molecule has 1 aromatic rings. The van der Waals surface area contributed by atoms with Crippen LogP contribution in [-0.4, -0.2) is 25.3 Å². The van der Waals surface area contributed by atoms with E-state index in [-0.39, 0.29) is 5.92 Å². The highest BCUT2D eigenvalue weighted by atomic mass is 79.9. The summed E-state index contributed by atoms with van der Waals surface area (Å²) in [4.78, 5) is 11.1. The molecule has 1 aromatic carbocycles. The number of ether oxygens (including phenoxy) is 2. The monoisotopic (exact) mass is 344 g/mol. The third-order valence-electron chi connectivity index (χ3n) is 3.26. The Hall–Kier alpha value is -1.23. The maximum atomic E-state index is 11.1. The molecule has 0 aliphatic carbocycles. The Bertz CT molecular complexity index is 497. The molecule has 1 N–H and O–H groups in total. The van der Waals surface area contributed by atoms with Gasteiger partial charge in [0.25, 0.3) is 0 Å². The maximum absolute atomic E-state index is 11.1. The maximum Gasteiger partial charge on any atom is 0.306 e. The zero-order valence-electron chi connectivity index (χ0n) is 12.5. The van der Waals surface area contributed by atoms with E-state index in [1.54, 1.807) is 21.1 Å². The van der Waals surface area contributed by atoms with Gasteiger partial charge in [-0.25, -0.2) is 0 Å². The predicted octanol–water partition coefficient (Wildman–Crippen LogP) is 3.85. The standard InChI is InChI=1S/C15H21BrO4/c1-8(2)12-10(6-9(3)15(17)18)7-11(19-4)14(20-5)13(12)16/h7-9H,6H2,1-5H3,(H,17,18). The molecule has 0 spiro atoms. The molecule has 0 amide bonds. The fraction of sp³-hybridized carbons (Fsp3) is 0.533. The molecule has 0 heterocycles. The Kier molecular flexibility index (Phi) is 5.87. The van der Waals surface area contributed by atoms with Crippen molar-refractivity contribution in [2.45, 2.75) is 33.1 Å². The number of hydrogen-bond acceptors (Lipinski definition) is 3. The molecule has 0 aliphatic heterocycles. The normalized spacial score (nSPS) is 12.3. The van der Waals surface area contributed by atoms with Crippen LogP contribution in [0.1, 0.15) is 37.8 Å². The quantitative estimate of drug-likeness (QED) is 0.851. The lowest BCUT2D eigenvalue weighted by atomic mass is 9.90. The van der Waals surface area contributed by atoms with E-state index in [0.717, 1.165) is 15.6 Å². The lowest BCUT2D eigenvalue weighted by molar-refractivity contribution is -0.141. The molecule has 0 radical (unpaired) electrons. The fourth-order valence-corrected chi connectivity index (χ4v) is 3.29. The van der Waals surface area contributed by atoms with Crippen molar-refractivity contribution in [3.63, 3.8) is 0 Å². The van der Waals surface area contributed by atoms with Crippen molar-refractivity contribution in [1.82, 2.24) is 0 Å². The molecule has 20 heavy (non-hydrogen) atoms. The van der Waals surface area contributed by atoms with E-state index < -0.39 is 11.9 Å². The third-order valence-corrected chi connectivity index (χ3v) is 4.05. The van der Waals surface area contributed by atoms with Crippen LogP contribution in [0.4, 0.5) is 0 Å². The fourth-order valence-electron chi connectivity index (χ4n) is 2.23. The highest BCUT2D eigenvalue weighted by Crippen LogP contribution is 2.43. The molecule has 0 bridgehead atoms. The SMILES string of the molecule is COc1cc(CC(C)C(=O)O)c(C(C)C)c(Br)c1OC. The second-order valence-corrected chi connectivity index (χ2v) is 5.89. The van der Waals surface area contributed by atoms with E-state index in [2.05, 4.69) is 29.8 Å². The van der Waals surface area contributed by atoms with Crippen LogP contribution >= 0.6 is 15.9 Å². The van der Waals surface area contributed by atoms with Gasteiger partial charge in [-0.15, -0.1) is 0 Å². The number of aliphatic carboxylic acids is 1. The first-order valence-corrected chi connectivity index (χ1v) is 7.28. The van der Waals surface area contributed by atoms with Gasteiger partial charge in [-0.05, 0) is 45.5 Å². The van der Waals surface area contributed by atoms with E-state index in [4.69, 9.17) is 14.6 Å². The molecular formula is C15H21BrO4. The summed E-state index contributed by atoms with van der Waals surface area (Å²) in [5.41, 5.74) is 2.04.